The summed E-state index contributed by atoms with van der Waals surface area (Å²) in [6.45, 7) is 10.7. The number of hydrogen-bond acceptors (Lipinski definition) is 6. The molecule has 0 aliphatic carbocycles. The molecule has 1 rings (SSSR count). The average molecular weight is 243 g/mol. The lowest BCUT2D eigenvalue weighted by Crippen LogP contribution is -2.34. The van der Waals surface area contributed by atoms with Crippen LogP contribution < -0.4 is 11.3 Å². The molecule has 1 aromatic heterocycles. The van der Waals surface area contributed by atoms with E-state index in [-0.39, 0.29) is 0 Å². The molecule has 0 amide bonds. The fraction of sp³-hybridized carbons (Fsp3) is 0.800. The van der Waals surface area contributed by atoms with Gasteiger partial charge in [0.05, 0.1) is 0 Å². The van der Waals surface area contributed by atoms with E-state index in [4.69, 9.17) is 5.84 Å². The van der Waals surface area contributed by atoms with Crippen molar-refractivity contribution in [2.45, 2.75) is 40.3 Å². The van der Waals surface area contributed by atoms with Crippen LogP contribution in [0.5, 0.6) is 0 Å². The molecule has 0 radical (unpaired) electrons. The molecule has 3 N–H and O–H groups in total. The third-order valence-corrected chi connectivity index (χ3v) is 3.07. The third kappa shape index (κ3) is 3.70. The number of rotatable bonds is 6. The van der Waals surface area contributed by atoms with Crippen LogP contribution in [-0.4, -0.2) is 27.1 Å². The average Bonchev–Trinajstić information content (AvgIpc) is 2.63. The molecular weight excluding hydrogens is 222 g/mol. The van der Waals surface area contributed by atoms with E-state index < -0.39 is 0 Å². The van der Waals surface area contributed by atoms with Crippen molar-refractivity contribution in [3.05, 3.63) is 5.69 Å². The van der Waals surface area contributed by atoms with E-state index in [1.165, 1.54) is 11.5 Å². The van der Waals surface area contributed by atoms with Gasteiger partial charge in [0.15, 0.2) is 0 Å². The zero-order valence-electron chi connectivity index (χ0n) is 10.4. The number of aromatic nitrogens is 2. The number of hydrogen-bond donors (Lipinski definition) is 2. The third-order valence-electron chi connectivity index (χ3n) is 2.37. The number of nitrogens with two attached hydrogens (primary N) is 1. The molecule has 0 saturated carbocycles. The molecule has 0 aliphatic heterocycles. The van der Waals surface area contributed by atoms with Gasteiger partial charge in [0.1, 0.15) is 10.7 Å². The minimum absolute atomic E-state index is 0.495. The number of anilines is 1. The van der Waals surface area contributed by atoms with Crippen LogP contribution in [0.25, 0.3) is 0 Å². The number of nitrogens with one attached hydrogen (secondary N) is 1. The van der Waals surface area contributed by atoms with Gasteiger partial charge >= 0.3 is 0 Å². The van der Waals surface area contributed by atoms with Crippen molar-refractivity contribution in [1.29, 1.82) is 0 Å². The molecule has 0 fully saturated rings. The largest absolute Gasteiger partial charge is 0.313 e. The second kappa shape index (κ2) is 6.12. The summed E-state index contributed by atoms with van der Waals surface area (Å²) in [4.78, 5) is 2.38. The van der Waals surface area contributed by atoms with Gasteiger partial charge in [-0.05, 0) is 19.8 Å². The van der Waals surface area contributed by atoms with Gasteiger partial charge < -0.3 is 5.43 Å². The lowest BCUT2D eigenvalue weighted by atomic mass is 10.1. The normalized spacial score (nSPS) is 11.8. The fourth-order valence-corrected chi connectivity index (χ4v) is 2.03. The predicted octanol–water partition coefficient (Wildman–Crippen LogP) is 1.69. The molecule has 0 unspecified atom stereocenters. The molecule has 0 bridgehead atoms. The Morgan fingerprint density at radius 2 is 2.06 bits per heavy atom. The van der Waals surface area contributed by atoms with Crippen LogP contribution in [0.15, 0.2) is 0 Å². The van der Waals surface area contributed by atoms with Crippen molar-refractivity contribution in [2.75, 3.05) is 12.0 Å². The van der Waals surface area contributed by atoms with Crippen LogP contribution in [0.2, 0.25) is 0 Å². The molecular formula is C10H21N5S. The van der Waals surface area contributed by atoms with E-state index in [1.807, 2.05) is 0 Å². The molecule has 16 heavy (non-hydrogen) atoms. The molecule has 6 heteroatoms. The maximum atomic E-state index is 5.41. The van der Waals surface area contributed by atoms with Gasteiger partial charge in [-0.1, -0.05) is 18.3 Å². The summed E-state index contributed by atoms with van der Waals surface area (Å²) < 4.78 is 3.91. The van der Waals surface area contributed by atoms with Crippen LogP contribution >= 0.6 is 11.5 Å². The summed E-state index contributed by atoms with van der Waals surface area (Å²) in [5, 5.41) is 4.96. The fourth-order valence-electron chi connectivity index (χ4n) is 1.54. The second-order valence-corrected chi connectivity index (χ2v) is 5.36. The topological polar surface area (TPSA) is 67.1 Å². The zero-order valence-corrected chi connectivity index (χ0v) is 11.2. The van der Waals surface area contributed by atoms with Crippen LogP contribution in [-0.2, 0) is 6.54 Å². The minimum Gasteiger partial charge on any atom is -0.313 e. The molecule has 1 heterocycles. The first-order valence-electron chi connectivity index (χ1n) is 5.56. The van der Waals surface area contributed by atoms with Gasteiger partial charge in [-0.3, -0.25) is 4.90 Å². The predicted molar refractivity (Wildman–Crippen MR) is 68.1 cm³/mol. The molecule has 0 spiro atoms. The Kier molecular flexibility index (Phi) is 5.11. The van der Waals surface area contributed by atoms with Crippen LogP contribution in [0.4, 0.5) is 5.00 Å². The second-order valence-electron chi connectivity index (χ2n) is 4.61. The quantitative estimate of drug-likeness (QED) is 0.588. The molecule has 0 aromatic carbocycles. The first-order valence-corrected chi connectivity index (χ1v) is 6.33. The lowest BCUT2D eigenvalue weighted by Gasteiger charge is -2.27. The van der Waals surface area contributed by atoms with Crippen LogP contribution in [0.1, 0.15) is 33.4 Å². The summed E-state index contributed by atoms with van der Waals surface area (Å²) in [5.41, 5.74) is 3.57. The highest BCUT2D eigenvalue weighted by atomic mass is 32.1. The van der Waals surface area contributed by atoms with E-state index in [2.05, 4.69) is 47.6 Å². The van der Waals surface area contributed by atoms with Crippen molar-refractivity contribution in [2.24, 2.45) is 11.8 Å². The van der Waals surface area contributed by atoms with Gasteiger partial charge in [0, 0.05) is 30.7 Å². The maximum absolute atomic E-state index is 5.41. The number of nitrogen functional groups attached to an aromatic ring is 1. The molecule has 1 aromatic rings. The molecule has 0 aliphatic rings. The Bertz CT molecular complexity index is 310. The van der Waals surface area contributed by atoms with Crippen molar-refractivity contribution < 1.29 is 0 Å². The van der Waals surface area contributed by atoms with E-state index in [0.29, 0.717) is 12.0 Å². The van der Waals surface area contributed by atoms with E-state index in [0.717, 1.165) is 23.8 Å². The number of nitrogens with zero attached hydrogens (tertiary/aromatic N) is 3. The van der Waals surface area contributed by atoms with Crippen molar-refractivity contribution >= 4 is 16.5 Å². The van der Waals surface area contributed by atoms with Gasteiger partial charge in [0.25, 0.3) is 0 Å². The summed E-state index contributed by atoms with van der Waals surface area (Å²) in [6, 6.07) is 0.495. The summed E-state index contributed by atoms with van der Waals surface area (Å²) in [7, 11) is 0. The highest BCUT2D eigenvalue weighted by Crippen LogP contribution is 2.19. The summed E-state index contributed by atoms with van der Waals surface area (Å²) in [6.07, 6.45) is 0. The zero-order chi connectivity index (χ0) is 12.1. The smallest absolute Gasteiger partial charge is 0.148 e. The molecule has 0 atom stereocenters. The van der Waals surface area contributed by atoms with Gasteiger partial charge in [-0.2, -0.15) is 0 Å². The molecule has 5 nitrogen and oxygen atoms in total. The Hall–Kier alpha value is -0.720. The van der Waals surface area contributed by atoms with E-state index in [1.54, 1.807) is 0 Å². The van der Waals surface area contributed by atoms with E-state index in [9.17, 15) is 0 Å². The Morgan fingerprint density at radius 1 is 1.38 bits per heavy atom. The van der Waals surface area contributed by atoms with Gasteiger partial charge in [-0.25, -0.2) is 5.84 Å². The monoisotopic (exact) mass is 243 g/mol. The van der Waals surface area contributed by atoms with Crippen molar-refractivity contribution in [3.63, 3.8) is 0 Å². The first-order chi connectivity index (χ1) is 7.54. The Labute approximate surface area is 101 Å². The van der Waals surface area contributed by atoms with Crippen LogP contribution in [0.3, 0.4) is 0 Å². The van der Waals surface area contributed by atoms with Crippen LogP contribution in [0, 0.1) is 5.92 Å². The summed E-state index contributed by atoms with van der Waals surface area (Å²) in [5.74, 6) is 6.05. The standard InChI is InChI=1S/C10H21N5S/c1-7(2)5-15(8(3)4)6-9-10(12-11)16-14-13-9/h7-8,12H,5-6,11H2,1-4H3. The van der Waals surface area contributed by atoms with Crippen molar-refractivity contribution in [1.82, 2.24) is 14.5 Å². The van der Waals surface area contributed by atoms with Gasteiger partial charge in [0.2, 0.25) is 0 Å². The Morgan fingerprint density at radius 3 is 2.56 bits per heavy atom. The maximum Gasteiger partial charge on any atom is 0.148 e. The van der Waals surface area contributed by atoms with Gasteiger partial charge in [-0.15, -0.1) is 5.10 Å². The lowest BCUT2D eigenvalue weighted by molar-refractivity contribution is 0.187. The highest BCUT2D eigenvalue weighted by Gasteiger charge is 2.16. The van der Waals surface area contributed by atoms with Crippen molar-refractivity contribution in [3.8, 4) is 0 Å². The first kappa shape index (κ1) is 13.3. The molecule has 92 valence electrons. The molecule has 0 saturated heterocycles. The van der Waals surface area contributed by atoms with E-state index >= 15 is 0 Å². The number of hydrazine groups is 1. The Balaban J connectivity index is 2.67. The SMILES string of the molecule is CC(C)CN(Cc1nnsc1NN)C(C)C. The minimum atomic E-state index is 0.495. The highest BCUT2D eigenvalue weighted by molar-refractivity contribution is 7.10. The summed E-state index contributed by atoms with van der Waals surface area (Å²) >= 11 is 1.30.